The fraction of sp³-hybridized carbons (Fsp3) is 0.522. The Morgan fingerprint density at radius 1 is 1.06 bits per heavy atom. The van der Waals surface area contributed by atoms with Gasteiger partial charge in [0, 0.05) is 19.2 Å². The van der Waals surface area contributed by atoms with Crippen molar-refractivity contribution >= 4 is 24.0 Å². The lowest BCUT2D eigenvalue weighted by molar-refractivity contribution is -0.137. The van der Waals surface area contributed by atoms with Crippen LogP contribution in [0.4, 0.5) is 18.0 Å². The number of rotatable bonds is 4. The minimum atomic E-state index is -4.42. The van der Waals surface area contributed by atoms with Crippen molar-refractivity contribution < 1.29 is 32.3 Å². The highest BCUT2D eigenvalue weighted by atomic mass is 19.4. The molecule has 0 saturated carbocycles. The maximum atomic E-state index is 12.6. The summed E-state index contributed by atoms with van der Waals surface area (Å²) in [5, 5.41) is 2.50. The number of fused-ring (bicyclic) bond motifs is 2. The third kappa shape index (κ3) is 6.49. The highest BCUT2D eigenvalue weighted by Crippen LogP contribution is 2.32. The molecule has 2 heterocycles. The van der Waals surface area contributed by atoms with E-state index < -0.39 is 23.2 Å². The fourth-order valence-electron chi connectivity index (χ4n) is 4.01. The van der Waals surface area contributed by atoms with Crippen LogP contribution in [0.3, 0.4) is 0 Å². The maximum absolute atomic E-state index is 12.6. The normalized spacial score (nSPS) is 20.8. The molecule has 0 aliphatic carbocycles. The number of piperazine rings is 1. The molecule has 0 spiro atoms. The standard InChI is InChI=1S/C23H28F3N3O4/c1-22(2,3)33-21(32)29-17-9-10-18(29)14-28(13-17)20(31)12-27-19(30)11-6-15-4-7-16(8-5-15)23(24,25)26/h4-8,11,17-18H,9-10,12-14H2,1-3H3,(H,27,30)/b11-6+/t17-,18+. The number of nitrogens with zero attached hydrogens (tertiary/aromatic N) is 2. The van der Waals surface area contributed by atoms with Crippen molar-refractivity contribution in [1.82, 2.24) is 15.1 Å². The summed E-state index contributed by atoms with van der Waals surface area (Å²) in [6.07, 6.45) is -0.674. The molecule has 1 aromatic carbocycles. The van der Waals surface area contributed by atoms with Crippen molar-refractivity contribution in [3.63, 3.8) is 0 Å². The predicted molar refractivity (Wildman–Crippen MR) is 115 cm³/mol. The molecule has 10 heteroatoms. The molecule has 2 atom stereocenters. The zero-order valence-electron chi connectivity index (χ0n) is 18.8. The van der Waals surface area contributed by atoms with Gasteiger partial charge in [0.15, 0.2) is 0 Å². The van der Waals surface area contributed by atoms with E-state index in [9.17, 15) is 27.6 Å². The fourth-order valence-corrected chi connectivity index (χ4v) is 4.01. The Balaban J connectivity index is 1.48. The third-order valence-electron chi connectivity index (χ3n) is 5.52. The van der Waals surface area contributed by atoms with Gasteiger partial charge in [0.05, 0.1) is 24.2 Å². The second kappa shape index (κ2) is 9.44. The lowest BCUT2D eigenvalue weighted by Gasteiger charge is -2.41. The van der Waals surface area contributed by atoms with Crippen LogP contribution < -0.4 is 5.32 Å². The highest BCUT2D eigenvalue weighted by molar-refractivity contribution is 5.94. The van der Waals surface area contributed by atoms with E-state index in [0.717, 1.165) is 25.0 Å². The minimum Gasteiger partial charge on any atom is -0.444 e. The first-order chi connectivity index (χ1) is 15.3. The number of benzene rings is 1. The van der Waals surface area contributed by atoms with Crippen LogP contribution >= 0.6 is 0 Å². The number of likely N-dealkylation sites (tertiary alicyclic amines) is 1. The van der Waals surface area contributed by atoms with E-state index in [1.807, 2.05) is 0 Å². The molecule has 0 radical (unpaired) electrons. The summed E-state index contributed by atoms with van der Waals surface area (Å²) in [5.41, 5.74) is -0.934. The van der Waals surface area contributed by atoms with Gasteiger partial charge in [-0.25, -0.2) is 4.79 Å². The van der Waals surface area contributed by atoms with Gasteiger partial charge in [-0.3, -0.25) is 14.5 Å². The minimum absolute atomic E-state index is 0.113. The molecule has 2 aliphatic heterocycles. The molecule has 3 rings (SSSR count). The van der Waals surface area contributed by atoms with Crippen molar-refractivity contribution in [2.24, 2.45) is 0 Å². The van der Waals surface area contributed by atoms with Crippen LogP contribution in [0.2, 0.25) is 0 Å². The van der Waals surface area contributed by atoms with E-state index in [0.29, 0.717) is 18.7 Å². The van der Waals surface area contributed by atoms with Gasteiger partial charge in [0.1, 0.15) is 5.60 Å². The molecule has 7 nitrogen and oxygen atoms in total. The molecular formula is C23H28F3N3O4. The number of hydrogen-bond acceptors (Lipinski definition) is 4. The molecule has 3 amide bonds. The van der Waals surface area contributed by atoms with Crippen LogP contribution in [-0.2, 0) is 20.5 Å². The summed E-state index contributed by atoms with van der Waals surface area (Å²) in [6, 6.07) is 4.17. The van der Waals surface area contributed by atoms with Gasteiger partial charge in [0.2, 0.25) is 11.8 Å². The average Bonchev–Trinajstić information content (AvgIpc) is 2.98. The van der Waals surface area contributed by atoms with Gasteiger partial charge in [-0.15, -0.1) is 0 Å². The van der Waals surface area contributed by atoms with Crippen LogP contribution in [0.5, 0.6) is 0 Å². The number of nitrogens with one attached hydrogen (secondary N) is 1. The molecule has 0 aromatic heterocycles. The number of carbonyl (C=O) groups is 3. The molecule has 180 valence electrons. The molecule has 1 N–H and O–H groups in total. The van der Waals surface area contributed by atoms with Crippen molar-refractivity contribution in [3.05, 3.63) is 41.5 Å². The molecule has 2 saturated heterocycles. The first-order valence-electron chi connectivity index (χ1n) is 10.8. The number of halogens is 3. The van der Waals surface area contributed by atoms with Gasteiger partial charge in [-0.05, 0) is 57.4 Å². The molecule has 33 heavy (non-hydrogen) atoms. The van der Waals surface area contributed by atoms with E-state index in [4.69, 9.17) is 4.74 Å². The number of hydrogen-bond donors (Lipinski definition) is 1. The Bertz CT molecular complexity index is 908. The number of alkyl halides is 3. The summed E-state index contributed by atoms with van der Waals surface area (Å²) < 4.78 is 43.3. The lowest BCUT2D eigenvalue weighted by atomic mass is 10.1. The summed E-state index contributed by atoms with van der Waals surface area (Å²) in [7, 11) is 0. The Kier molecular flexibility index (Phi) is 7.04. The topological polar surface area (TPSA) is 79.0 Å². The number of amides is 3. The Morgan fingerprint density at radius 3 is 2.15 bits per heavy atom. The summed E-state index contributed by atoms with van der Waals surface area (Å²) in [4.78, 5) is 40.5. The summed E-state index contributed by atoms with van der Waals surface area (Å²) in [6.45, 7) is 5.98. The molecule has 0 unspecified atom stereocenters. The largest absolute Gasteiger partial charge is 0.444 e. The van der Waals surface area contributed by atoms with Crippen LogP contribution in [-0.4, -0.2) is 65.0 Å². The van der Waals surface area contributed by atoms with E-state index >= 15 is 0 Å². The second-order valence-electron chi connectivity index (χ2n) is 9.24. The van der Waals surface area contributed by atoms with Gasteiger partial charge in [0.25, 0.3) is 0 Å². The smallest absolute Gasteiger partial charge is 0.416 e. The van der Waals surface area contributed by atoms with Crippen LogP contribution in [0.25, 0.3) is 6.08 Å². The zero-order valence-corrected chi connectivity index (χ0v) is 18.8. The first-order valence-corrected chi connectivity index (χ1v) is 10.8. The Labute approximate surface area is 190 Å². The predicted octanol–water partition coefficient (Wildman–Crippen LogP) is 3.45. The van der Waals surface area contributed by atoms with E-state index in [-0.39, 0.29) is 30.6 Å². The van der Waals surface area contributed by atoms with Crippen molar-refractivity contribution in [1.29, 1.82) is 0 Å². The van der Waals surface area contributed by atoms with E-state index in [1.54, 1.807) is 30.6 Å². The van der Waals surface area contributed by atoms with Gasteiger partial charge >= 0.3 is 12.3 Å². The Hall–Kier alpha value is -3.04. The molecule has 1 aromatic rings. The van der Waals surface area contributed by atoms with Crippen molar-refractivity contribution in [2.45, 2.75) is 57.5 Å². The average molecular weight is 467 g/mol. The quantitative estimate of drug-likeness (QED) is 0.688. The van der Waals surface area contributed by atoms with Gasteiger partial charge in [-0.2, -0.15) is 13.2 Å². The van der Waals surface area contributed by atoms with Crippen molar-refractivity contribution in [2.75, 3.05) is 19.6 Å². The number of ether oxygens (including phenoxy) is 1. The monoisotopic (exact) mass is 467 g/mol. The molecular weight excluding hydrogens is 439 g/mol. The van der Waals surface area contributed by atoms with Gasteiger partial charge < -0.3 is 15.0 Å². The SMILES string of the molecule is CC(C)(C)OC(=O)N1[C@@H]2CC[C@H]1CN(C(=O)CNC(=O)/C=C/c1ccc(C(F)(F)F)cc1)C2. The molecule has 2 bridgehead atoms. The van der Waals surface area contributed by atoms with Crippen molar-refractivity contribution in [3.8, 4) is 0 Å². The maximum Gasteiger partial charge on any atom is 0.416 e. The van der Waals surface area contributed by atoms with Gasteiger partial charge in [-0.1, -0.05) is 12.1 Å². The van der Waals surface area contributed by atoms with E-state index in [1.165, 1.54) is 24.3 Å². The first kappa shape index (κ1) is 24.6. The van der Waals surface area contributed by atoms with E-state index in [2.05, 4.69) is 5.32 Å². The Morgan fingerprint density at radius 2 is 1.64 bits per heavy atom. The second-order valence-corrected chi connectivity index (χ2v) is 9.24. The third-order valence-corrected chi connectivity index (χ3v) is 5.52. The summed E-state index contributed by atoms with van der Waals surface area (Å²) >= 11 is 0. The summed E-state index contributed by atoms with van der Waals surface area (Å²) in [5.74, 6) is -0.786. The van der Waals surface area contributed by atoms with Crippen LogP contribution in [0.1, 0.15) is 44.7 Å². The molecule has 2 fully saturated rings. The molecule has 2 aliphatic rings. The lowest BCUT2D eigenvalue weighted by Crippen LogP contribution is -2.59. The van der Waals surface area contributed by atoms with Crippen LogP contribution in [0, 0.1) is 0 Å². The highest BCUT2D eigenvalue weighted by Gasteiger charge is 2.45. The zero-order chi connectivity index (χ0) is 24.4. The number of carbonyl (C=O) groups excluding carboxylic acids is 3. The van der Waals surface area contributed by atoms with Crippen LogP contribution in [0.15, 0.2) is 30.3 Å².